The molecule has 0 bridgehead atoms. The molecule has 0 fully saturated rings. The highest BCUT2D eigenvalue weighted by Crippen LogP contribution is 2.33. The van der Waals surface area contributed by atoms with Crippen LogP contribution in [0.25, 0.3) is 5.70 Å². The van der Waals surface area contributed by atoms with Gasteiger partial charge in [-0.1, -0.05) is 54.6 Å². The van der Waals surface area contributed by atoms with Crippen molar-refractivity contribution in [2.75, 3.05) is 34.2 Å². The summed E-state index contributed by atoms with van der Waals surface area (Å²) >= 11 is 0. The van der Waals surface area contributed by atoms with Crippen molar-refractivity contribution in [2.45, 2.75) is 12.8 Å². The quantitative estimate of drug-likeness (QED) is 0.735. The zero-order valence-electron chi connectivity index (χ0n) is 15.4. The van der Waals surface area contributed by atoms with Gasteiger partial charge in [0.25, 0.3) is 5.91 Å². The number of amides is 1. The van der Waals surface area contributed by atoms with Crippen molar-refractivity contribution in [3.63, 3.8) is 0 Å². The van der Waals surface area contributed by atoms with Crippen LogP contribution in [-0.4, -0.2) is 49.5 Å². The molecule has 3 nitrogen and oxygen atoms in total. The third-order valence-electron chi connectivity index (χ3n) is 4.55. The van der Waals surface area contributed by atoms with E-state index in [-0.39, 0.29) is 5.91 Å². The highest BCUT2D eigenvalue weighted by atomic mass is 16.2. The first kappa shape index (κ1) is 17.4. The van der Waals surface area contributed by atoms with E-state index in [9.17, 15) is 4.79 Å². The van der Waals surface area contributed by atoms with Gasteiger partial charge in [-0.3, -0.25) is 4.79 Å². The number of carbonyl (C=O) groups excluding carboxylic acids is 1. The van der Waals surface area contributed by atoms with E-state index in [0.29, 0.717) is 0 Å². The molecule has 0 spiro atoms. The molecule has 0 atom stereocenters. The maximum absolute atomic E-state index is 12.9. The Labute approximate surface area is 150 Å². The van der Waals surface area contributed by atoms with E-state index in [4.69, 9.17) is 0 Å². The minimum absolute atomic E-state index is 0.135. The molecule has 130 valence electrons. The Morgan fingerprint density at radius 1 is 0.920 bits per heavy atom. The maximum Gasteiger partial charge on any atom is 0.258 e. The smallest absolute Gasteiger partial charge is 0.258 e. The molecule has 1 aliphatic rings. The highest BCUT2D eigenvalue weighted by molar-refractivity contribution is 6.09. The molecule has 2 aromatic rings. The summed E-state index contributed by atoms with van der Waals surface area (Å²) in [6.45, 7) is 1.82. The molecule has 3 rings (SSSR count). The zero-order chi connectivity index (χ0) is 17.9. The van der Waals surface area contributed by atoms with Gasteiger partial charge in [-0.2, -0.15) is 0 Å². The number of hydrogen-bond acceptors (Lipinski definition) is 1. The third-order valence-corrected chi connectivity index (χ3v) is 4.55. The normalized spacial score (nSPS) is 15.7. The largest absolute Gasteiger partial charge is 0.331 e. The van der Waals surface area contributed by atoms with Gasteiger partial charge in [-0.05, 0) is 18.1 Å². The second-order valence-corrected chi connectivity index (χ2v) is 7.65. The third kappa shape index (κ3) is 4.18. The minimum Gasteiger partial charge on any atom is -0.331 e. The molecule has 3 heteroatoms. The van der Waals surface area contributed by atoms with Crippen molar-refractivity contribution in [2.24, 2.45) is 0 Å². The van der Waals surface area contributed by atoms with Crippen LogP contribution in [0.5, 0.6) is 0 Å². The molecule has 0 aliphatic carbocycles. The van der Waals surface area contributed by atoms with Crippen molar-refractivity contribution in [1.29, 1.82) is 0 Å². The van der Waals surface area contributed by atoms with Crippen molar-refractivity contribution >= 4 is 11.6 Å². The molecule has 1 heterocycles. The zero-order valence-corrected chi connectivity index (χ0v) is 15.4. The SMILES string of the molecule is C[N+](C)(C)CCCN1C(=O)c2ccccc2/C1=C\Cc1ccccc1. The highest BCUT2D eigenvalue weighted by Gasteiger charge is 2.31. The van der Waals surface area contributed by atoms with Gasteiger partial charge in [0, 0.05) is 29.8 Å². The number of quaternary nitrogens is 1. The lowest BCUT2D eigenvalue weighted by Crippen LogP contribution is -2.37. The molecule has 0 radical (unpaired) electrons. The van der Waals surface area contributed by atoms with E-state index >= 15 is 0 Å². The van der Waals surface area contributed by atoms with Crippen LogP contribution in [0.4, 0.5) is 0 Å². The van der Waals surface area contributed by atoms with Crippen molar-refractivity contribution in [3.05, 3.63) is 77.4 Å². The summed E-state index contributed by atoms with van der Waals surface area (Å²) in [5.74, 6) is 0.135. The first-order valence-corrected chi connectivity index (χ1v) is 8.91. The predicted octanol–water partition coefficient (Wildman–Crippen LogP) is 3.82. The number of carbonyl (C=O) groups is 1. The number of benzene rings is 2. The molecular weight excluding hydrogens is 308 g/mol. The Bertz CT molecular complexity index is 772. The summed E-state index contributed by atoms with van der Waals surface area (Å²) in [7, 11) is 6.56. The van der Waals surface area contributed by atoms with Crippen molar-refractivity contribution in [1.82, 2.24) is 4.90 Å². The van der Waals surface area contributed by atoms with Crippen molar-refractivity contribution in [3.8, 4) is 0 Å². The van der Waals surface area contributed by atoms with Crippen LogP contribution in [0.15, 0.2) is 60.7 Å². The van der Waals surface area contributed by atoms with Crippen LogP contribution in [0.2, 0.25) is 0 Å². The van der Waals surface area contributed by atoms with Crippen LogP contribution in [-0.2, 0) is 6.42 Å². The molecule has 0 saturated carbocycles. The van der Waals surface area contributed by atoms with Crippen LogP contribution in [0.1, 0.15) is 27.9 Å². The van der Waals surface area contributed by atoms with E-state index in [2.05, 4.69) is 57.6 Å². The van der Waals surface area contributed by atoms with Crippen LogP contribution >= 0.6 is 0 Å². The first-order chi connectivity index (χ1) is 12.0. The molecule has 25 heavy (non-hydrogen) atoms. The minimum atomic E-state index is 0.135. The van der Waals surface area contributed by atoms with Crippen LogP contribution in [0.3, 0.4) is 0 Å². The first-order valence-electron chi connectivity index (χ1n) is 8.91. The van der Waals surface area contributed by atoms with E-state index in [0.717, 1.165) is 47.2 Å². The summed E-state index contributed by atoms with van der Waals surface area (Å²) in [4.78, 5) is 14.8. The lowest BCUT2D eigenvalue weighted by atomic mass is 10.1. The average molecular weight is 335 g/mol. The number of fused-ring (bicyclic) bond motifs is 1. The number of hydrogen-bond donors (Lipinski definition) is 0. The second kappa shape index (κ2) is 7.24. The maximum atomic E-state index is 12.9. The molecule has 2 aromatic carbocycles. The Balaban J connectivity index is 1.83. The summed E-state index contributed by atoms with van der Waals surface area (Å²) in [5.41, 5.74) is 4.21. The fourth-order valence-electron chi connectivity index (χ4n) is 3.27. The number of allylic oxidation sites excluding steroid dienone is 1. The summed E-state index contributed by atoms with van der Waals surface area (Å²) in [6, 6.07) is 18.3. The predicted molar refractivity (Wildman–Crippen MR) is 103 cm³/mol. The average Bonchev–Trinajstić information content (AvgIpc) is 2.85. The number of nitrogens with zero attached hydrogens (tertiary/aromatic N) is 2. The monoisotopic (exact) mass is 335 g/mol. The van der Waals surface area contributed by atoms with Crippen LogP contribution in [0, 0.1) is 0 Å². The molecular formula is C22H27N2O+. The van der Waals surface area contributed by atoms with E-state index in [1.54, 1.807) is 0 Å². The lowest BCUT2D eigenvalue weighted by Gasteiger charge is -2.26. The lowest BCUT2D eigenvalue weighted by molar-refractivity contribution is -0.870. The fourth-order valence-corrected chi connectivity index (χ4v) is 3.27. The molecule has 0 aromatic heterocycles. The molecule has 1 amide bonds. The van der Waals surface area contributed by atoms with E-state index in [1.807, 2.05) is 29.2 Å². The summed E-state index contributed by atoms with van der Waals surface area (Å²) in [5, 5.41) is 0. The molecule has 1 aliphatic heterocycles. The standard InChI is InChI=1S/C22H27N2O/c1-24(2,3)17-9-16-23-21(15-14-18-10-5-4-6-11-18)19-12-7-8-13-20(19)22(23)25/h4-8,10-13,15H,9,14,16-17H2,1-3H3/q+1/b21-15+. The van der Waals surface area contributed by atoms with Crippen LogP contribution < -0.4 is 0 Å². The van der Waals surface area contributed by atoms with Gasteiger partial charge >= 0.3 is 0 Å². The fraction of sp³-hybridized carbons (Fsp3) is 0.318. The van der Waals surface area contributed by atoms with Gasteiger partial charge < -0.3 is 9.38 Å². The molecule has 0 saturated heterocycles. The Morgan fingerprint density at radius 2 is 1.56 bits per heavy atom. The Morgan fingerprint density at radius 3 is 2.24 bits per heavy atom. The van der Waals surface area contributed by atoms with E-state index < -0.39 is 0 Å². The summed E-state index contributed by atoms with van der Waals surface area (Å²) < 4.78 is 0.915. The van der Waals surface area contributed by atoms with Gasteiger partial charge in [0.05, 0.1) is 27.7 Å². The van der Waals surface area contributed by atoms with Gasteiger partial charge in [-0.25, -0.2) is 0 Å². The molecule has 0 unspecified atom stereocenters. The second-order valence-electron chi connectivity index (χ2n) is 7.65. The van der Waals surface area contributed by atoms with Gasteiger partial charge in [0.2, 0.25) is 0 Å². The topological polar surface area (TPSA) is 20.3 Å². The van der Waals surface area contributed by atoms with Crippen molar-refractivity contribution < 1.29 is 9.28 Å². The van der Waals surface area contributed by atoms with Gasteiger partial charge in [0.15, 0.2) is 0 Å². The Kier molecular flexibility index (Phi) is 5.05. The summed E-state index contributed by atoms with van der Waals surface area (Å²) in [6.07, 6.45) is 4.03. The Hall–Kier alpha value is -2.39. The molecule has 0 N–H and O–H groups in total. The van der Waals surface area contributed by atoms with E-state index in [1.165, 1.54) is 5.56 Å². The van der Waals surface area contributed by atoms with Gasteiger partial charge in [0.1, 0.15) is 0 Å². The van der Waals surface area contributed by atoms with Gasteiger partial charge in [-0.15, -0.1) is 0 Å². The number of rotatable bonds is 6.